The number of primary amides is 1. The predicted octanol–water partition coefficient (Wildman–Crippen LogP) is -0.118. The summed E-state index contributed by atoms with van der Waals surface area (Å²) in [4.78, 5) is 26.5. The third-order valence-corrected chi connectivity index (χ3v) is 2.06. The van der Waals surface area contributed by atoms with Crippen LogP contribution in [0.15, 0.2) is 35.4 Å². The van der Waals surface area contributed by atoms with E-state index in [1.165, 1.54) is 10.9 Å². The number of amides is 1. The maximum Gasteiger partial charge on any atom is 0.261 e. The van der Waals surface area contributed by atoms with Crippen molar-refractivity contribution in [2.75, 3.05) is 0 Å². The molecule has 0 saturated carbocycles. The Hall–Kier alpha value is -2.17. The van der Waals surface area contributed by atoms with E-state index in [4.69, 9.17) is 5.73 Å². The molecule has 2 rings (SSSR count). The molecule has 2 N–H and O–H groups in total. The lowest BCUT2D eigenvalue weighted by molar-refractivity contribution is -0.118. The van der Waals surface area contributed by atoms with E-state index in [0.29, 0.717) is 10.9 Å². The van der Waals surface area contributed by atoms with Gasteiger partial charge in [-0.3, -0.25) is 14.2 Å². The van der Waals surface area contributed by atoms with Crippen molar-refractivity contribution in [3.63, 3.8) is 0 Å². The summed E-state index contributed by atoms with van der Waals surface area (Å²) in [6, 6.07) is 6.96. The molecule has 1 aromatic carbocycles. The predicted molar refractivity (Wildman–Crippen MR) is 55.2 cm³/mol. The summed E-state index contributed by atoms with van der Waals surface area (Å²) >= 11 is 0. The van der Waals surface area contributed by atoms with Crippen LogP contribution < -0.4 is 11.3 Å². The first-order valence-electron chi connectivity index (χ1n) is 4.41. The van der Waals surface area contributed by atoms with Gasteiger partial charge in [-0.15, -0.1) is 0 Å². The second kappa shape index (κ2) is 3.53. The largest absolute Gasteiger partial charge is 0.368 e. The van der Waals surface area contributed by atoms with Gasteiger partial charge in [0.05, 0.1) is 17.2 Å². The van der Waals surface area contributed by atoms with Gasteiger partial charge in [-0.1, -0.05) is 12.1 Å². The average molecular weight is 203 g/mol. The Bertz CT molecular complexity index is 574. The maximum atomic E-state index is 11.8. The monoisotopic (exact) mass is 203 g/mol. The number of carbonyl (C=O) groups excluding carboxylic acids is 1. The zero-order valence-corrected chi connectivity index (χ0v) is 7.88. The molecule has 2 aromatic rings. The van der Waals surface area contributed by atoms with Gasteiger partial charge in [-0.25, -0.2) is 4.98 Å². The zero-order chi connectivity index (χ0) is 10.8. The van der Waals surface area contributed by atoms with Crippen molar-refractivity contribution in [3.8, 4) is 0 Å². The summed E-state index contributed by atoms with van der Waals surface area (Å²) in [5.74, 6) is -0.561. The highest BCUT2D eigenvalue weighted by atomic mass is 16.2. The molecule has 5 heteroatoms. The SMILES string of the molecule is NC(=O)Cn1cnc2ccccc2c1=O. The van der Waals surface area contributed by atoms with E-state index in [-0.39, 0.29) is 12.1 Å². The zero-order valence-electron chi connectivity index (χ0n) is 7.88. The van der Waals surface area contributed by atoms with Crippen LogP contribution in [0.25, 0.3) is 10.9 Å². The van der Waals surface area contributed by atoms with Gasteiger partial charge in [0.15, 0.2) is 0 Å². The summed E-state index contributed by atoms with van der Waals surface area (Å²) in [6.07, 6.45) is 1.33. The van der Waals surface area contributed by atoms with Crippen LogP contribution in [0.4, 0.5) is 0 Å². The number of benzene rings is 1. The summed E-state index contributed by atoms with van der Waals surface area (Å²) in [7, 11) is 0. The molecular formula is C10H9N3O2. The second-order valence-corrected chi connectivity index (χ2v) is 3.16. The first-order valence-corrected chi connectivity index (χ1v) is 4.41. The van der Waals surface area contributed by atoms with Crippen LogP contribution in [0.1, 0.15) is 0 Å². The molecule has 0 aliphatic heterocycles. The Kier molecular flexibility index (Phi) is 2.21. The first kappa shape index (κ1) is 9.39. The number of nitrogens with two attached hydrogens (primary N) is 1. The second-order valence-electron chi connectivity index (χ2n) is 3.16. The van der Waals surface area contributed by atoms with Crippen LogP contribution in [0, 0.1) is 0 Å². The molecule has 0 fully saturated rings. The van der Waals surface area contributed by atoms with Gasteiger partial charge in [-0.2, -0.15) is 0 Å². The minimum atomic E-state index is -0.561. The van der Waals surface area contributed by atoms with Crippen LogP contribution in [-0.2, 0) is 11.3 Å². The van der Waals surface area contributed by atoms with Gasteiger partial charge in [0.2, 0.25) is 5.91 Å². The Morgan fingerprint density at radius 2 is 2.13 bits per heavy atom. The Balaban J connectivity index is 2.65. The van der Waals surface area contributed by atoms with Gasteiger partial charge in [-0.05, 0) is 12.1 Å². The van der Waals surface area contributed by atoms with Crippen molar-refractivity contribution >= 4 is 16.8 Å². The van der Waals surface area contributed by atoms with E-state index < -0.39 is 5.91 Å². The lowest BCUT2D eigenvalue weighted by atomic mass is 10.2. The van der Waals surface area contributed by atoms with E-state index in [1.54, 1.807) is 24.3 Å². The van der Waals surface area contributed by atoms with E-state index in [1.807, 2.05) is 0 Å². The number of hydrogen-bond donors (Lipinski definition) is 1. The minimum Gasteiger partial charge on any atom is -0.368 e. The number of aromatic nitrogens is 2. The highest BCUT2D eigenvalue weighted by Gasteiger charge is 2.04. The molecule has 1 amide bonds. The van der Waals surface area contributed by atoms with Crippen molar-refractivity contribution in [2.24, 2.45) is 5.73 Å². The van der Waals surface area contributed by atoms with Crippen LogP contribution in [-0.4, -0.2) is 15.5 Å². The molecular weight excluding hydrogens is 194 g/mol. The van der Waals surface area contributed by atoms with E-state index in [9.17, 15) is 9.59 Å². The normalized spacial score (nSPS) is 10.4. The molecule has 0 bridgehead atoms. The first-order chi connectivity index (χ1) is 7.18. The molecule has 0 aliphatic carbocycles. The van der Waals surface area contributed by atoms with E-state index >= 15 is 0 Å². The number of carbonyl (C=O) groups is 1. The molecule has 5 nitrogen and oxygen atoms in total. The number of para-hydroxylation sites is 1. The third-order valence-electron chi connectivity index (χ3n) is 2.06. The highest BCUT2D eigenvalue weighted by Crippen LogP contribution is 2.04. The lowest BCUT2D eigenvalue weighted by Gasteiger charge is -2.02. The van der Waals surface area contributed by atoms with Gasteiger partial charge >= 0.3 is 0 Å². The standard InChI is InChI=1S/C10H9N3O2/c11-9(14)5-13-6-12-8-4-2-1-3-7(8)10(13)15/h1-4,6H,5H2,(H2,11,14). The van der Waals surface area contributed by atoms with Crippen molar-refractivity contribution in [2.45, 2.75) is 6.54 Å². The molecule has 0 atom stereocenters. The number of fused-ring (bicyclic) bond motifs is 1. The fourth-order valence-corrected chi connectivity index (χ4v) is 1.39. The quantitative estimate of drug-likeness (QED) is 0.739. The molecule has 76 valence electrons. The van der Waals surface area contributed by atoms with E-state index in [2.05, 4.69) is 4.98 Å². The highest BCUT2D eigenvalue weighted by molar-refractivity contribution is 5.78. The van der Waals surface area contributed by atoms with Crippen LogP contribution in [0.2, 0.25) is 0 Å². The van der Waals surface area contributed by atoms with Crippen molar-refractivity contribution in [1.82, 2.24) is 9.55 Å². The fourth-order valence-electron chi connectivity index (χ4n) is 1.39. The molecule has 1 aromatic heterocycles. The van der Waals surface area contributed by atoms with Gasteiger partial charge < -0.3 is 5.73 Å². The fraction of sp³-hybridized carbons (Fsp3) is 0.100. The number of nitrogens with zero attached hydrogens (tertiary/aromatic N) is 2. The molecule has 15 heavy (non-hydrogen) atoms. The lowest BCUT2D eigenvalue weighted by Crippen LogP contribution is -2.28. The Labute approximate surface area is 85.2 Å². The Morgan fingerprint density at radius 1 is 1.40 bits per heavy atom. The van der Waals surface area contributed by atoms with Crippen LogP contribution >= 0.6 is 0 Å². The van der Waals surface area contributed by atoms with E-state index in [0.717, 1.165) is 0 Å². The molecule has 0 spiro atoms. The molecule has 0 radical (unpaired) electrons. The van der Waals surface area contributed by atoms with Crippen molar-refractivity contribution in [1.29, 1.82) is 0 Å². The van der Waals surface area contributed by atoms with Crippen LogP contribution in [0.3, 0.4) is 0 Å². The minimum absolute atomic E-state index is 0.142. The van der Waals surface area contributed by atoms with Gasteiger partial charge in [0, 0.05) is 0 Å². The summed E-state index contributed by atoms with van der Waals surface area (Å²) in [5, 5.41) is 0.487. The molecule has 0 aliphatic rings. The van der Waals surface area contributed by atoms with Gasteiger partial charge in [0.1, 0.15) is 6.54 Å². The summed E-state index contributed by atoms with van der Waals surface area (Å²) < 4.78 is 1.20. The summed E-state index contributed by atoms with van der Waals surface area (Å²) in [5.41, 5.74) is 5.37. The molecule has 0 saturated heterocycles. The Morgan fingerprint density at radius 3 is 2.87 bits per heavy atom. The topological polar surface area (TPSA) is 78.0 Å². The van der Waals surface area contributed by atoms with Gasteiger partial charge in [0.25, 0.3) is 5.56 Å². The van der Waals surface area contributed by atoms with Crippen LogP contribution in [0.5, 0.6) is 0 Å². The number of hydrogen-bond acceptors (Lipinski definition) is 3. The summed E-state index contributed by atoms with van der Waals surface area (Å²) in [6.45, 7) is -0.142. The molecule has 1 heterocycles. The number of rotatable bonds is 2. The maximum absolute atomic E-state index is 11.8. The van der Waals surface area contributed by atoms with Crippen molar-refractivity contribution in [3.05, 3.63) is 40.9 Å². The molecule has 0 unspecified atom stereocenters. The van der Waals surface area contributed by atoms with Crippen molar-refractivity contribution < 1.29 is 4.79 Å². The average Bonchev–Trinajstić information content (AvgIpc) is 2.22. The smallest absolute Gasteiger partial charge is 0.261 e. The third kappa shape index (κ3) is 1.71.